The second-order valence-corrected chi connectivity index (χ2v) is 7.17. The van der Waals surface area contributed by atoms with Gasteiger partial charge in [0.15, 0.2) is 5.82 Å². The zero-order chi connectivity index (χ0) is 18.6. The van der Waals surface area contributed by atoms with Crippen LogP contribution in [0.5, 0.6) is 0 Å². The number of halogens is 1. The molecule has 8 heteroatoms. The zero-order valence-electron chi connectivity index (χ0n) is 16.1. The van der Waals surface area contributed by atoms with Gasteiger partial charge in [0.25, 0.3) is 5.91 Å². The summed E-state index contributed by atoms with van der Waals surface area (Å²) in [7, 11) is 0. The molecule has 0 spiro atoms. The molecular weight excluding hydrogens is 378 g/mol. The topological polar surface area (TPSA) is 80.2 Å². The van der Waals surface area contributed by atoms with E-state index in [-0.39, 0.29) is 18.3 Å². The normalized spacial score (nSPS) is 19.2. The molecule has 0 aliphatic carbocycles. The highest BCUT2D eigenvalue weighted by atomic mass is 35.5. The Morgan fingerprint density at radius 3 is 2.93 bits per heavy atom. The predicted octanol–water partition coefficient (Wildman–Crippen LogP) is 3.04. The van der Waals surface area contributed by atoms with E-state index in [1.54, 1.807) is 18.3 Å². The van der Waals surface area contributed by atoms with Gasteiger partial charge in [0, 0.05) is 36.5 Å². The van der Waals surface area contributed by atoms with Crippen LogP contribution in [0.2, 0.25) is 0 Å². The molecule has 1 amide bonds. The Bertz CT molecular complexity index is 818. The van der Waals surface area contributed by atoms with Crippen LogP contribution in [0.4, 0.5) is 11.6 Å². The van der Waals surface area contributed by atoms with Crippen molar-refractivity contribution in [3.8, 4) is 0 Å². The van der Waals surface area contributed by atoms with Crippen molar-refractivity contribution in [2.45, 2.75) is 45.1 Å². The average Bonchev–Trinajstić information content (AvgIpc) is 2.94. The Morgan fingerprint density at radius 1 is 1.29 bits per heavy atom. The van der Waals surface area contributed by atoms with Gasteiger partial charge in [-0.05, 0) is 56.4 Å². The number of carbonyl (C=O) groups is 1. The minimum Gasteiger partial charge on any atom is -0.381 e. The van der Waals surface area contributed by atoms with E-state index in [1.807, 2.05) is 6.07 Å². The lowest BCUT2D eigenvalue weighted by molar-refractivity contribution is 0.102. The molecule has 1 N–H and O–H groups in total. The van der Waals surface area contributed by atoms with E-state index in [9.17, 15) is 4.79 Å². The highest BCUT2D eigenvalue weighted by Gasteiger charge is 2.25. The second-order valence-electron chi connectivity index (χ2n) is 7.17. The Hall–Kier alpha value is -2.25. The number of amides is 1. The standard InChI is InChI=1S/C20H25N5O2.ClH/c1-14-5-2-3-10-25(14)19-13-16(15-7-11-27-12-8-17(15)22-19)20(26)23-18-6-4-9-21-24-18;/h4,6,9,13-14H,2-3,5,7-8,10-12H2,1H3,(H,23,24,26);1H/t14-;/m0./s1. The molecule has 2 aliphatic heterocycles. The lowest BCUT2D eigenvalue weighted by Crippen LogP contribution is -2.38. The molecule has 0 aromatic carbocycles. The van der Waals surface area contributed by atoms with Gasteiger partial charge in [-0.25, -0.2) is 4.98 Å². The number of nitrogens with one attached hydrogen (secondary N) is 1. The Balaban J connectivity index is 0.00000225. The SMILES string of the molecule is C[C@H]1CCCCN1c1cc(C(=O)Nc2cccnn2)c2c(n1)CCOCC2.Cl. The molecule has 2 aliphatic rings. The van der Waals surface area contributed by atoms with Gasteiger partial charge in [0.1, 0.15) is 5.82 Å². The number of carbonyl (C=O) groups excluding carboxylic acids is 1. The summed E-state index contributed by atoms with van der Waals surface area (Å²) in [5.41, 5.74) is 2.64. The summed E-state index contributed by atoms with van der Waals surface area (Å²) in [4.78, 5) is 20.3. The van der Waals surface area contributed by atoms with Crippen molar-refractivity contribution in [1.82, 2.24) is 15.2 Å². The summed E-state index contributed by atoms with van der Waals surface area (Å²) in [6.45, 7) is 4.47. The predicted molar refractivity (Wildman–Crippen MR) is 110 cm³/mol. The molecule has 0 bridgehead atoms. The summed E-state index contributed by atoms with van der Waals surface area (Å²) in [6.07, 6.45) is 6.58. The van der Waals surface area contributed by atoms with Crippen molar-refractivity contribution in [2.75, 3.05) is 30.0 Å². The number of fused-ring (bicyclic) bond motifs is 1. The average molecular weight is 404 g/mol. The third kappa shape index (κ3) is 4.42. The molecule has 7 nitrogen and oxygen atoms in total. The van der Waals surface area contributed by atoms with E-state index in [4.69, 9.17) is 9.72 Å². The van der Waals surface area contributed by atoms with Crippen molar-refractivity contribution >= 4 is 29.9 Å². The maximum atomic E-state index is 13.0. The summed E-state index contributed by atoms with van der Waals surface area (Å²) < 4.78 is 5.63. The number of nitrogens with zero attached hydrogens (tertiary/aromatic N) is 4. The third-order valence-electron chi connectivity index (χ3n) is 5.33. The van der Waals surface area contributed by atoms with Crippen molar-refractivity contribution in [1.29, 1.82) is 0 Å². The van der Waals surface area contributed by atoms with E-state index >= 15 is 0 Å². The number of anilines is 2. The van der Waals surface area contributed by atoms with E-state index in [1.165, 1.54) is 6.42 Å². The van der Waals surface area contributed by atoms with E-state index in [0.29, 0.717) is 37.1 Å². The lowest BCUT2D eigenvalue weighted by Gasteiger charge is -2.35. The number of pyridine rings is 1. The summed E-state index contributed by atoms with van der Waals surface area (Å²) in [6, 6.07) is 5.87. The van der Waals surface area contributed by atoms with Crippen molar-refractivity contribution < 1.29 is 9.53 Å². The van der Waals surface area contributed by atoms with Crippen LogP contribution in [0.25, 0.3) is 0 Å². The molecule has 0 radical (unpaired) electrons. The number of ether oxygens (including phenoxy) is 1. The molecule has 4 rings (SSSR count). The Kier molecular flexibility index (Phi) is 6.80. The first-order chi connectivity index (χ1) is 13.2. The van der Waals surface area contributed by atoms with E-state index in [0.717, 1.165) is 42.9 Å². The maximum absolute atomic E-state index is 13.0. The zero-order valence-corrected chi connectivity index (χ0v) is 16.9. The lowest BCUT2D eigenvalue weighted by atomic mass is 9.99. The van der Waals surface area contributed by atoms with Crippen molar-refractivity contribution in [3.63, 3.8) is 0 Å². The summed E-state index contributed by atoms with van der Waals surface area (Å²) in [5.74, 6) is 1.18. The minimum atomic E-state index is -0.165. The van der Waals surface area contributed by atoms with Crippen molar-refractivity contribution in [3.05, 3.63) is 41.2 Å². The first kappa shape index (κ1) is 20.5. The number of hydrogen-bond acceptors (Lipinski definition) is 6. The molecule has 0 unspecified atom stereocenters. The van der Waals surface area contributed by atoms with Crippen LogP contribution < -0.4 is 10.2 Å². The molecule has 4 heterocycles. The molecule has 2 aromatic heterocycles. The minimum absolute atomic E-state index is 0. The molecular formula is C20H26ClN5O2. The van der Waals surface area contributed by atoms with Gasteiger partial charge in [0.2, 0.25) is 0 Å². The largest absolute Gasteiger partial charge is 0.381 e. The highest BCUT2D eigenvalue weighted by molar-refractivity contribution is 6.05. The smallest absolute Gasteiger partial charge is 0.257 e. The van der Waals surface area contributed by atoms with Gasteiger partial charge in [0.05, 0.1) is 13.2 Å². The molecule has 1 atom stereocenters. The molecule has 1 fully saturated rings. The monoisotopic (exact) mass is 403 g/mol. The van der Waals surface area contributed by atoms with Gasteiger partial charge in [-0.3, -0.25) is 4.79 Å². The van der Waals surface area contributed by atoms with E-state index in [2.05, 4.69) is 27.3 Å². The second kappa shape index (κ2) is 9.30. The molecule has 0 saturated carbocycles. The van der Waals surface area contributed by atoms with Crippen LogP contribution in [-0.4, -0.2) is 46.9 Å². The fraction of sp³-hybridized carbons (Fsp3) is 0.500. The van der Waals surface area contributed by atoms with Crippen LogP contribution >= 0.6 is 12.4 Å². The van der Waals surface area contributed by atoms with Gasteiger partial charge in [-0.1, -0.05) is 0 Å². The van der Waals surface area contributed by atoms with E-state index < -0.39 is 0 Å². The first-order valence-electron chi connectivity index (χ1n) is 9.68. The van der Waals surface area contributed by atoms with Gasteiger partial charge in [-0.2, -0.15) is 5.10 Å². The maximum Gasteiger partial charge on any atom is 0.257 e. The molecule has 2 aromatic rings. The number of hydrogen-bond donors (Lipinski definition) is 1. The van der Waals surface area contributed by atoms with Crippen molar-refractivity contribution in [2.24, 2.45) is 0 Å². The fourth-order valence-corrected chi connectivity index (χ4v) is 3.88. The van der Waals surface area contributed by atoms with Gasteiger partial charge >= 0.3 is 0 Å². The Labute approximate surface area is 171 Å². The highest BCUT2D eigenvalue weighted by Crippen LogP contribution is 2.28. The van der Waals surface area contributed by atoms with Crippen LogP contribution in [0.15, 0.2) is 24.4 Å². The quantitative estimate of drug-likeness (QED) is 0.848. The van der Waals surface area contributed by atoms with Crippen LogP contribution in [0, 0.1) is 0 Å². The van der Waals surface area contributed by atoms with Gasteiger partial charge in [-0.15, -0.1) is 17.5 Å². The molecule has 1 saturated heterocycles. The molecule has 28 heavy (non-hydrogen) atoms. The third-order valence-corrected chi connectivity index (χ3v) is 5.33. The Morgan fingerprint density at radius 2 is 2.14 bits per heavy atom. The first-order valence-corrected chi connectivity index (χ1v) is 9.68. The van der Waals surface area contributed by atoms with Crippen LogP contribution in [-0.2, 0) is 17.6 Å². The summed E-state index contributed by atoms with van der Waals surface area (Å²) in [5, 5.41) is 10.7. The summed E-state index contributed by atoms with van der Waals surface area (Å²) >= 11 is 0. The van der Waals surface area contributed by atoms with Gasteiger partial charge < -0.3 is 15.0 Å². The fourth-order valence-electron chi connectivity index (χ4n) is 3.88. The molecule has 150 valence electrons. The van der Waals surface area contributed by atoms with Crippen LogP contribution in [0.3, 0.4) is 0 Å². The number of piperidine rings is 1. The number of rotatable bonds is 3. The van der Waals surface area contributed by atoms with Crippen LogP contribution in [0.1, 0.15) is 47.8 Å². The number of aromatic nitrogens is 3.